The van der Waals surface area contributed by atoms with E-state index in [4.69, 9.17) is 4.74 Å². The molecular weight excluding hydrogens is 229 g/mol. The van der Waals surface area contributed by atoms with Gasteiger partial charge < -0.3 is 4.74 Å². The fourth-order valence-electron chi connectivity index (χ4n) is 1.77. The van der Waals surface area contributed by atoms with Gasteiger partial charge >= 0.3 is 0 Å². The lowest BCUT2D eigenvalue weighted by Gasteiger charge is -2.06. The predicted molar refractivity (Wildman–Crippen MR) is 68.2 cm³/mol. The number of ether oxygens (including phenoxy) is 1. The zero-order chi connectivity index (χ0) is 12.4. The minimum atomic E-state index is -0.318. The van der Waals surface area contributed by atoms with Crippen LogP contribution in [0.2, 0.25) is 0 Å². The molecule has 2 aromatic carbocycles. The van der Waals surface area contributed by atoms with Crippen molar-refractivity contribution in [2.75, 3.05) is 0 Å². The number of hydrogen-bond acceptors (Lipinski definition) is 2. The van der Waals surface area contributed by atoms with Crippen molar-refractivity contribution in [1.82, 2.24) is 4.98 Å². The van der Waals surface area contributed by atoms with Crippen LogP contribution in [0.5, 0.6) is 11.5 Å². The first-order valence-corrected chi connectivity index (χ1v) is 5.59. The summed E-state index contributed by atoms with van der Waals surface area (Å²) in [5, 5.41) is 0.992. The number of nitrogens with zero attached hydrogens (tertiary/aromatic N) is 1. The van der Waals surface area contributed by atoms with Gasteiger partial charge in [-0.2, -0.15) is 0 Å². The molecule has 0 bridgehead atoms. The quantitative estimate of drug-likeness (QED) is 0.669. The molecule has 3 heteroatoms. The molecule has 3 aromatic rings. The van der Waals surface area contributed by atoms with Crippen LogP contribution in [0.1, 0.15) is 0 Å². The SMILES string of the molecule is Fc1cccc(Oc2cnc3ccccc3c2)c1. The Hall–Kier alpha value is -2.42. The van der Waals surface area contributed by atoms with E-state index < -0.39 is 0 Å². The highest BCUT2D eigenvalue weighted by Crippen LogP contribution is 2.24. The molecule has 1 aromatic heterocycles. The molecule has 0 unspecified atom stereocenters. The van der Waals surface area contributed by atoms with E-state index in [2.05, 4.69) is 4.98 Å². The molecular formula is C15H10FNO. The summed E-state index contributed by atoms with van der Waals surface area (Å²) in [6.07, 6.45) is 1.63. The van der Waals surface area contributed by atoms with E-state index in [1.165, 1.54) is 12.1 Å². The van der Waals surface area contributed by atoms with E-state index in [0.29, 0.717) is 11.5 Å². The highest BCUT2D eigenvalue weighted by atomic mass is 19.1. The molecule has 88 valence electrons. The third-order valence-corrected chi connectivity index (χ3v) is 2.60. The second kappa shape index (κ2) is 4.45. The van der Waals surface area contributed by atoms with Crippen LogP contribution in [0, 0.1) is 5.82 Å². The third-order valence-electron chi connectivity index (χ3n) is 2.60. The Morgan fingerprint density at radius 2 is 1.78 bits per heavy atom. The molecule has 0 saturated carbocycles. The minimum absolute atomic E-state index is 0.318. The first-order valence-electron chi connectivity index (χ1n) is 5.59. The van der Waals surface area contributed by atoms with Crippen LogP contribution in [-0.2, 0) is 0 Å². The number of pyridine rings is 1. The summed E-state index contributed by atoms with van der Waals surface area (Å²) in [5.74, 6) is 0.743. The summed E-state index contributed by atoms with van der Waals surface area (Å²) in [4.78, 5) is 4.28. The molecule has 3 rings (SSSR count). The monoisotopic (exact) mass is 239 g/mol. The van der Waals surface area contributed by atoms with Crippen LogP contribution in [-0.4, -0.2) is 4.98 Å². The standard InChI is InChI=1S/C15H10FNO/c16-12-5-3-6-13(9-12)18-14-8-11-4-1-2-7-15(11)17-10-14/h1-10H. The normalized spacial score (nSPS) is 10.5. The number of para-hydroxylation sites is 1. The molecule has 0 aliphatic rings. The maximum Gasteiger partial charge on any atom is 0.146 e. The van der Waals surface area contributed by atoms with Crippen LogP contribution in [0.25, 0.3) is 10.9 Å². The van der Waals surface area contributed by atoms with Gasteiger partial charge in [-0.25, -0.2) is 4.39 Å². The van der Waals surface area contributed by atoms with Crippen LogP contribution >= 0.6 is 0 Å². The maximum absolute atomic E-state index is 13.0. The van der Waals surface area contributed by atoms with Crippen LogP contribution in [0.3, 0.4) is 0 Å². The first-order chi connectivity index (χ1) is 8.81. The predicted octanol–water partition coefficient (Wildman–Crippen LogP) is 4.17. The Morgan fingerprint density at radius 1 is 0.889 bits per heavy atom. The molecule has 0 radical (unpaired) electrons. The van der Waals surface area contributed by atoms with E-state index in [1.807, 2.05) is 30.3 Å². The number of benzene rings is 2. The Kier molecular flexibility index (Phi) is 2.65. The first kappa shape index (κ1) is 10.7. The molecule has 0 aliphatic heterocycles. The molecule has 1 heterocycles. The van der Waals surface area contributed by atoms with Gasteiger partial charge in [-0.1, -0.05) is 24.3 Å². The molecule has 18 heavy (non-hydrogen) atoms. The number of hydrogen-bond donors (Lipinski definition) is 0. The van der Waals surface area contributed by atoms with Crippen molar-refractivity contribution in [3.63, 3.8) is 0 Å². The van der Waals surface area contributed by atoms with Crippen molar-refractivity contribution in [2.24, 2.45) is 0 Å². The van der Waals surface area contributed by atoms with Gasteiger partial charge in [0.25, 0.3) is 0 Å². The van der Waals surface area contributed by atoms with Crippen LogP contribution < -0.4 is 4.74 Å². The maximum atomic E-state index is 13.0. The van der Waals surface area contributed by atoms with E-state index in [9.17, 15) is 4.39 Å². The van der Waals surface area contributed by atoms with E-state index in [1.54, 1.807) is 18.3 Å². The van der Waals surface area contributed by atoms with Crippen molar-refractivity contribution in [1.29, 1.82) is 0 Å². The molecule has 0 fully saturated rings. The van der Waals surface area contributed by atoms with Crippen molar-refractivity contribution in [2.45, 2.75) is 0 Å². The smallest absolute Gasteiger partial charge is 0.146 e. The minimum Gasteiger partial charge on any atom is -0.456 e. The number of aromatic nitrogens is 1. The summed E-state index contributed by atoms with van der Waals surface area (Å²) in [6, 6.07) is 15.7. The Balaban J connectivity index is 1.95. The van der Waals surface area contributed by atoms with Crippen molar-refractivity contribution < 1.29 is 9.13 Å². The molecule has 0 saturated heterocycles. The van der Waals surface area contributed by atoms with E-state index >= 15 is 0 Å². The van der Waals surface area contributed by atoms with Gasteiger partial charge in [0.1, 0.15) is 17.3 Å². The highest BCUT2D eigenvalue weighted by Gasteiger charge is 2.01. The summed E-state index contributed by atoms with van der Waals surface area (Å²) in [6.45, 7) is 0. The number of rotatable bonds is 2. The van der Waals surface area contributed by atoms with Crippen molar-refractivity contribution in [3.8, 4) is 11.5 Å². The number of halogens is 1. The van der Waals surface area contributed by atoms with Crippen molar-refractivity contribution >= 4 is 10.9 Å². The Bertz CT molecular complexity index is 697. The second-order valence-electron chi connectivity index (χ2n) is 3.92. The second-order valence-corrected chi connectivity index (χ2v) is 3.92. The van der Waals surface area contributed by atoms with Gasteiger partial charge in [0.2, 0.25) is 0 Å². The van der Waals surface area contributed by atoms with Gasteiger partial charge in [0, 0.05) is 11.5 Å². The van der Waals surface area contributed by atoms with E-state index in [0.717, 1.165) is 10.9 Å². The molecule has 0 atom stereocenters. The zero-order valence-electron chi connectivity index (χ0n) is 9.51. The van der Waals surface area contributed by atoms with E-state index in [-0.39, 0.29) is 5.82 Å². The summed E-state index contributed by atoms with van der Waals surface area (Å²) < 4.78 is 18.6. The van der Waals surface area contributed by atoms with Gasteiger partial charge in [0.05, 0.1) is 11.7 Å². The zero-order valence-corrected chi connectivity index (χ0v) is 9.51. The summed E-state index contributed by atoms with van der Waals surface area (Å²) >= 11 is 0. The topological polar surface area (TPSA) is 22.1 Å². The van der Waals surface area contributed by atoms with Crippen LogP contribution in [0.4, 0.5) is 4.39 Å². The fourth-order valence-corrected chi connectivity index (χ4v) is 1.77. The third kappa shape index (κ3) is 2.15. The average Bonchev–Trinajstić information content (AvgIpc) is 2.39. The average molecular weight is 239 g/mol. The summed E-state index contributed by atoms with van der Waals surface area (Å²) in [7, 11) is 0. The highest BCUT2D eigenvalue weighted by molar-refractivity contribution is 5.79. The molecule has 2 nitrogen and oxygen atoms in total. The fraction of sp³-hybridized carbons (Fsp3) is 0. The molecule has 0 aliphatic carbocycles. The summed E-state index contributed by atoms with van der Waals surface area (Å²) in [5.41, 5.74) is 0.907. The van der Waals surface area contributed by atoms with Gasteiger partial charge in [-0.3, -0.25) is 4.98 Å². The number of fused-ring (bicyclic) bond motifs is 1. The lowest BCUT2D eigenvalue weighted by Crippen LogP contribution is -1.87. The molecule has 0 spiro atoms. The van der Waals surface area contributed by atoms with Gasteiger partial charge in [-0.15, -0.1) is 0 Å². The lowest BCUT2D eigenvalue weighted by atomic mass is 10.2. The van der Waals surface area contributed by atoms with Crippen LogP contribution in [0.15, 0.2) is 60.8 Å². The van der Waals surface area contributed by atoms with Crippen molar-refractivity contribution in [3.05, 3.63) is 66.6 Å². The Morgan fingerprint density at radius 3 is 2.67 bits per heavy atom. The lowest BCUT2D eigenvalue weighted by molar-refractivity contribution is 0.475. The molecule has 0 N–H and O–H groups in total. The van der Waals surface area contributed by atoms with Gasteiger partial charge in [0.15, 0.2) is 0 Å². The van der Waals surface area contributed by atoms with Gasteiger partial charge in [-0.05, 0) is 24.3 Å². The molecule has 0 amide bonds. The largest absolute Gasteiger partial charge is 0.456 e. The Labute approximate surface area is 104 Å².